The van der Waals surface area contributed by atoms with E-state index in [2.05, 4.69) is 37.3 Å². The minimum atomic E-state index is -0.675. The molecule has 26 heavy (non-hydrogen) atoms. The largest absolute Gasteiger partial charge is 0.616 e. The molecule has 2 aromatic heterocycles. The molecule has 1 aliphatic rings. The Morgan fingerprint density at radius 3 is 2.77 bits per heavy atom. The average Bonchev–Trinajstić information content (AvgIpc) is 2.67. The van der Waals surface area contributed by atoms with E-state index in [1.165, 1.54) is 0 Å². The van der Waals surface area contributed by atoms with Gasteiger partial charge >= 0.3 is 0 Å². The molecule has 0 spiro atoms. The topological polar surface area (TPSA) is 77.0 Å². The van der Waals surface area contributed by atoms with Gasteiger partial charge in [-0.05, 0) is 31.2 Å². The lowest BCUT2D eigenvalue weighted by Gasteiger charge is -2.30. The zero-order valence-corrected chi connectivity index (χ0v) is 15.9. The lowest BCUT2D eigenvalue weighted by molar-refractivity contribution is 0.380. The lowest BCUT2D eigenvalue weighted by atomic mass is 10.2. The van der Waals surface area contributed by atoms with Crippen LogP contribution in [-0.4, -0.2) is 56.0 Å². The summed E-state index contributed by atoms with van der Waals surface area (Å²) in [6, 6.07) is 1.92. The molecule has 3 heterocycles. The quantitative estimate of drug-likeness (QED) is 0.645. The van der Waals surface area contributed by atoms with Gasteiger partial charge in [-0.1, -0.05) is 23.3 Å². The first-order valence-corrected chi connectivity index (χ1v) is 10.1. The Morgan fingerprint density at radius 1 is 1.27 bits per heavy atom. The van der Waals surface area contributed by atoms with Gasteiger partial charge < -0.3 is 14.8 Å². The van der Waals surface area contributed by atoms with Crippen molar-refractivity contribution in [3.8, 4) is 0 Å². The first kappa shape index (κ1) is 18.4. The summed E-state index contributed by atoms with van der Waals surface area (Å²) in [6.45, 7) is 3.65. The molecule has 1 N–H and O–H groups in total. The van der Waals surface area contributed by atoms with E-state index in [1.807, 2.05) is 38.3 Å². The van der Waals surface area contributed by atoms with Gasteiger partial charge in [-0.25, -0.2) is 9.97 Å². The van der Waals surface area contributed by atoms with E-state index in [4.69, 9.17) is 0 Å². The molecule has 0 radical (unpaired) electrons. The van der Waals surface area contributed by atoms with Crippen LogP contribution in [0.1, 0.15) is 12.6 Å². The van der Waals surface area contributed by atoms with Crippen LogP contribution in [0.15, 0.2) is 48.5 Å². The molecule has 0 unspecified atom stereocenters. The molecule has 6 nitrogen and oxygen atoms in total. The molecule has 2 aromatic rings. The first-order valence-electron chi connectivity index (χ1n) is 8.61. The molecule has 0 bridgehead atoms. The number of rotatable bonds is 5. The van der Waals surface area contributed by atoms with Crippen molar-refractivity contribution in [2.24, 2.45) is 0 Å². The number of hydrogen-bond donors (Lipinski definition) is 1. The Hall–Kier alpha value is -2.38. The van der Waals surface area contributed by atoms with Crippen molar-refractivity contribution in [1.29, 1.82) is 0 Å². The lowest BCUT2D eigenvalue weighted by Crippen LogP contribution is -2.39. The van der Waals surface area contributed by atoms with Gasteiger partial charge in [0.1, 0.15) is 17.0 Å². The van der Waals surface area contributed by atoms with Crippen LogP contribution in [0.3, 0.4) is 0 Å². The molecule has 7 heteroatoms. The number of fused-ring (bicyclic) bond motifs is 1. The van der Waals surface area contributed by atoms with Crippen LogP contribution in [0, 0.1) is 0 Å². The molecule has 0 aromatic carbocycles. The summed E-state index contributed by atoms with van der Waals surface area (Å²) in [5.74, 6) is 2.18. The highest BCUT2D eigenvalue weighted by atomic mass is 32.2. The predicted octanol–water partition coefficient (Wildman–Crippen LogP) is 2.60. The molecule has 136 valence electrons. The number of anilines is 1. The number of nitrogens with one attached hydrogen (secondary N) is 1. The summed E-state index contributed by atoms with van der Waals surface area (Å²) < 4.78 is 11.6. The zero-order chi connectivity index (χ0) is 18.4. The van der Waals surface area contributed by atoms with Gasteiger partial charge in [0.2, 0.25) is 0 Å². The van der Waals surface area contributed by atoms with Crippen molar-refractivity contribution in [3.05, 3.63) is 54.2 Å². The maximum absolute atomic E-state index is 11.6. The fraction of sp³-hybridized carbons (Fsp3) is 0.316. The number of pyridine rings is 1. The fourth-order valence-electron chi connectivity index (χ4n) is 2.83. The van der Waals surface area contributed by atoms with Crippen molar-refractivity contribution in [2.45, 2.75) is 6.92 Å². The van der Waals surface area contributed by atoms with Gasteiger partial charge in [-0.15, -0.1) is 0 Å². The van der Waals surface area contributed by atoms with Crippen LogP contribution in [0.25, 0.3) is 17.1 Å². The third-order valence-electron chi connectivity index (χ3n) is 4.13. The minimum absolute atomic E-state index is 0.675. The summed E-state index contributed by atoms with van der Waals surface area (Å²) in [4.78, 5) is 15.5. The fourth-order valence-corrected chi connectivity index (χ4v) is 3.88. The van der Waals surface area contributed by atoms with Crippen LogP contribution in [0.2, 0.25) is 0 Å². The smallest absolute Gasteiger partial charge is 0.154 e. The number of nitrogens with zero attached hydrogens (tertiary/aromatic N) is 4. The van der Waals surface area contributed by atoms with E-state index in [9.17, 15) is 4.55 Å². The van der Waals surface area contributed by atoms with Crippen molar-refractivity contribution < 1.29 is 4.55 Å². The van der Waals surface area contributed by atoms with E-state index in [0.717, 1.165) is 47.0 Å². The van der Waals surface area contributed by atoms with Crippen molar-refractivity contribution in [2.75, 3.05) is 37.0 Å². The van der Waals surface area contributed by atoms with E-state index in [-0.39, 0.29) is 0 Å². The Labute approximate surface area is 156 Å². The summed E-state index contributed by atoms with van der Waals surface area (Å²) in [5, 5.41) is 3.07. The molecular weight excluding hydrogens is 346 g/mol. The van der Waals surface area contributed by atoms with Crippen LogP contribution < -0.4 is 5.32 Å². The molecule has 1 aliphatic heterocycles. The van der Waals surface area contributed by atoms with Gasteiger partial charge in [0.05, 0.1) is 24.3 Å². The first-order chi connectivity index (χ1) is 12.7. The zero-order valence-electron chi connectivity index (χ0n) is 15.1. The van der Waals surface area contributed by atoms with Crippen LogP contribution in [0.5, 0.6) is 0 Å². The highest BCUT2D eigenvalue weighted by molar-refractivity contribution is 7.91. The van der Waals surface area contributed by atoms with Gasteiger partial charge in [-0.3, -0.25) is 4.98 Å². The third kappa shape index (κ3) is 4.42. The second-order valence-corrected chi connectivity index (χ2v) is 7.55. The third-order valence-corrected chi connectivity index (χ3v) is 5.40. The second kappa shape index (κ2) is 8.82. The SMILES string of the molecule is C\C=C/C(=C\C=C\c1cc2nccnc2c(NC)n1)N1CC[S+]([O-])CC1. The van der Waals surface area contributed by atoms with Crippen molar-refractivity contribution >= 4 is 34.1 Å². The van der Waals surface area contributed by atoms with Gasteiger partial charge in [0.15, 0.2) is 5.82 Å². The normalized spacial score (nSPS) is 16.9. The monoisotopic (exact) mass is 369 g/mol. The molecule has 1 saturated heterocycles. The predicted molar refractivity (Wildman–Crippen MR) is 108 cm³/mol. The van der Waals surface area contributed by atoms with Gasteiger partial charge in [-0.2, -0.15) is 0 Å². The molecule has 0 amide bonds. The Morgan fingerprint density at radius 2 is 2.04 bits per heavy atom. The summed E-state index contributed by atoms with van der Waals surface area (Å²) in [7, 11) is 1.83. The molecule has 1 fully saturated rings. The summed E-state index contributed by atoms with van der Waals surface area (Å²) in [6.07, 6.45) is 13.5. The number of allylic oxidation sites excluding steroid dienone is 4. The molecular formula is C19H23N5OS. The highest BCUT2D eigenvalue weighted by Crippen LogP contribution is 2.19. The Balaban J connectivity index is 1.83. The maximum Gasteiger partial charge on any atom is 0.154 e. The number of hydrogen-bond acceptors (Lipinski definition) is 6. The standard InChI is InChI=1S/C19H23N5OS/c1-3-5-16(24-10-12-26(25)13-11-24)7-4-6-15-14-17-18(19(20-2)23-15)22-9-8-21-17/h3-9,14H,10-13H2,1-2H3,(H,20,23)/b5-3-,6-4+,16-7+. The van der Waals surface area contributed by atoms with E-state index in [1.54, 1.807) is 12.4 Å². The van der Waals surface area contributed by atoms with Crippen LogP contribution in [0.4, 0.5) is 5.82 Å². The molecule has 3 rings (SSSR count). The summed E-state index contributed by atoms with van der Waals surface area (Å²) in [5.41, 5.74) is 3.51. The molecule has 0 atom stereocenters. The van der Waals surface area contributed by atoms with Crippen molar-refractivity contribution in [1.82, 2.24) is 19.9 Å². The van der Waals surface area contributed by atoms with E-state index >= 15 is 0 Å². The summed E-state index contributed by atoms with van der Waals surface area (Å²) >= 11 is -0.675. The Kier molecular flexibility index (Phi) is 6.25. The van der Waals surface area contributed by atoms with E-state index < -0.39 is 11.2 Å². The van der Waals surface area contributed by atoms with Crippen LogP contribution >= 0.6 is 0 Å². The maximum atomic E-state index is 11.6. The highest BCUT2D eigenvalue weighted by Gasteiger charge is 2.19. The van der Waals surface area contributed by atoms with E-state index in [0.29, 0.717) is 5.82 Å². The molecule has 0 saturated carbocycles. The van der Waals surface area contributed by atoms with Crippen molar-refractivity contribution in [3.63, 3.8) is 0 Å². The average molecular weight is 369 g/mol. The second-order valence-electron chi connectivity index (χ2n) is 5.86. The Bertz CT molecular complexity index is 841. The molecule has 0 aliphatic carbocycles. The van der Waals surface area contributed by atoms with Gasteiger partial charge in [0.25, 0.3) is 0 Å². The van der Waals surface area contributed by atoms with Crippen LogP contribution in [-0.2, 0) is 11.2 Å². The number of aromatic nitrogens is 3. The van der Waals surface area contributed by atoms with Gasteiger partial charge in [0, 0.05) is 25.1 Å². The minimum Gasteiger partial charge on any atom is -0.616 e.